The van der Waals surface area contributed by atoms with Gasteiger partial charge in [0.05, 0.1) is 16.1 Å². The minimum atomic E-state index is -1.42. The van der Waals surface area contributed by atoms with Crippen molar-refractivity contribution in [1.82, 2.24) is 0 Å². The van der Waals surface area contributed by atoms with Crippen LogP contribution in [0.1, 0.15) is 11.1 Å². The summed E-state index contributed by atoms with van der Waals surface area (Å²) >= 11 is 7.44. The fourth-order valence-corrected chi connectivity index (χ4v) is 8.91. The Labute approximate surface area is 211 Å². The van der Waals surface area contributed by atoms with Gasteiger partial charge in [-0.15, -0.1) is 0 Å². The van der Waals surface area contributed by atoms with Gasteiger partial charge in [-0.2, -0.15) is 0 Å². The summed E-state index contributed by atoms with van der Waals surface area (Å²) in [5.41, 5.74) is 5.33. The molecule has 0 bridgehead atoms. The highest BCUT2D eigenvalue weighted by atomic mass is 79.9. The monoisotopic (exact) mass is 582 g/mol. The minimum absolute atomic E-state index is 0.879. The molecule has 0 aromatic heterocycles. The van der Waals surface area contributed by atoms with Crippen LogP contribution in [0.5, 0.6) is 0 Å². The van der Waals surface area contributed by atoms with Gasteiger partial charge in [0.2, 0.25) is 0 Å². The van der Waals surface area contributed by atoms with E-state index in [0.29, 0.717) is 0 Å². The van der Waals surface area contributed by atoms with Gasteiger partial charge in [0.25, 0.3) is 0 Å². The molecule has 0 saturated heterocycles. The highest BCUT2D eigenvalue weighted by Crippen LogP contribution is 2.32. The first-order valence-corrected chi connectivity index (χ1v) is 20.5. The van der Waals surface area contributed by atoms with E-state index in [0.717, 1.165) is 10.7 Å². The van der Waals surface area contributed by atoms with Crippen molar-refractivity contribution in [2.24, 2.45) is 0 Å². The number of hydrogen-bond donors (Lipinski definition) is 0. The van der Waals surface area contributed by atoms with Crippen molar-refractivity contribution < 1.29 is 0 Å². The van der Waals surface area contributed by atoms with Gasteiger partial charge in [-0.25, -0.2) is 0 Å². The molecule has 0 aliphatic carbocycles. The van der Waals surface area contributed by atoms with Crippen LogP contribution in [0.15, 0.2) is 60.7 Å². The third-order valence-electron chi connectivity index (χ3n) is 6.45. The van der Waals surface area contributed by atoms with Crippen LogP contribution in [0.4, 0.5) is 0 Å². The van der Waals surface area contributed by atoms with E-state index in [1.54, 1.807) is 10.4 Å². The Morgan fingerprint density at radius 2 is 0.875 bits per heavy atom. The quantitative estimate of drug-likeness (QED) is 0.163. The highest BCUT2D eigenvalue weighted by Gasteiger charge is 2.22. The number of hydrogen-bond acceptors (Lipinski definition) is 0. The molecular weight excluding hydrogens is 552 g/mol. The van der Waals surface area contributed by atoms with Crippen molar-refractivity contribution in [3.05, 3.63) is 71.8 Å². The van der Waals surface area contributed by atoms with Crippen LogP contribution in [-0.4, -0.2) is 16.1 Å². The van der Waals surface area contributed by atoms with Crippen molar-refractivity contribution in [1.29, 1.82) is 0 Å². The lowest BCUT2D eigenvalue weighted by Crippen LogP contribution is -2.38. The Balaban J connectivity index is 1.95. The fourth-order valence-electron chi connectivity index (χ4n) is 4.72. The van der Waals surface area contributed by atoms with Gasteiger partial charge in [-0.05, 0) is 55.9 Å². The molecule has 0 aliphatic heterocycles. The molecule has 0 spiro atoms. The predicted octanol–water partition coefficient (Wildman–Crippen LogP) is 8.54. The second kappa shape index (κ2) is 8.86. The Morgan fingerprint density at radius 1 is 0.500 bits per heavy atom. The summed E-state index contributed by atoms with van der Waals surface area (Å²) in [6.07, 6.45) is 0. The van der Waals surface area contributed by atoms with Gasteiger partial charge in [-0.1, -0.05) is 130 Å². The number of benzene rings is 4. The van der Waals surface area contributed by atoms with Crippen LogP contribution in [-0.2, 0) is 10.7 Å². The van der Waals surface area contributed by atoms with E-state index in [1.165, 1.54) is 43.8 Å². The summed E-state index contributed by atoms with van der Waals surface area (Å²) < 4.78 is 0. The number of rotatable bonds is 5. The topological polar surface area (TPSA) is 0 Å². The molecule has 4 aromatic rings. The van der Waals surface area contributed by atoms with E-state index in [9.17, 15) is 0 Å². The van der Waals surface area contributed by atoms with Crippen LogP contribution >= 0.6 is 31.9 Å². The number of fused-ring (bicyclic) bond motifs is 2. The molecule has 0 nitrogen and oxygen atoms in total. The Morgan fingerprint density at radius 3 is 1.19 bits per heavy atom. The van der Waals surface area contributed by atoms with Gasteiger partial charge in [-0.3, -0.25) is 0 Å². The molecule has 0 radical (unpaired) electrons. The summed E-state index contributed by atoms with van der Waals surface area (Å²) in [6, 6.07) is 23.5. The Bertz CT molecular complexity index is 1210. The van der Waals surface area contributed by atoms with Gasteiger partial charge >= 0.3 is 0 Å². The zero-order valence-corrected chi connectivity index (χ0v) is 25.1. The van der Waals surface area contributed by atoms with Crippen LogP contribution in [0, 0.1) is 0 Å². The molecule has 0 aliphatic rings. The third kappa shape index (κ3) is 4.44. The van der Waals surface area contributed by atoms with Gasteiger partial charge in [0, 0.05) is 10.7 Å². The molecule has 0 N–H and O–H groups in total. The molecule has 0 atom stereocenters. The van der Waals surface area contributed by atoms with E-state index in [2.05, 4.69) is 132 Å². The molecule has 32 heavy (non-hydrogen) atoms. The molecule has 4 heteroatoms. The minimum Gasteiger partial charge on any atom is -0.0876 e. The van der Waals surface area contributed by atoms with E-state index >= 15 is 0 Å². The summed E-state index contributed by atoms with van der Waals surface area (Å²) in [5.74, 6) is 0. The summed E-state index contributed by atoms with van der Waals surface area (Å²) in [6.45, 7) is 14.6. The third-order valence-corrected chi connectivity index (χ3v) is 11.8. The van der Waals surface area contributed by atoms with Crippen LogP contribution in [0.25, 0.3) is 32.7 Å². The maximum Gasteiger partial charge on any atom is 0.0784 e. The molecule has 4 aromatic carbocycles. The average Bonchev–Trinajstić information content (AvgIpc) is 2.75. The van der Waals surface area contributed by atoms with Crippen LogP contribution in [0.3, 0.4) is 0 Å². The number of alkyl halides is 2. The SMILES string of the molecule is C[Si](C)(C)c1ccc(CBr)c2cc(-c3ccc4c([Si](C)(C)C)ccc(CBr)c4c3)ccc12. The molecule has 0 fully saturated rings. The highest BCUT2D eigenvalue weighted by molar-refractivity contribution is 9.08. The lowest BCUT2D eigenvalue weighted by atomic mass is 9.95. The molecule has 166 valence electrons. The standard InChI is InChI=1S/C28H32Br2Si2/c1-31(2,3)27-13-9-21(17-29)25-15-19(7-11-23(25)27)20-8-12-24-26(16-20)22(18-30)10-14-28(24)32(4,5)6/h7-16H,17-18H2,1-6H3. The van der Waals surface area contributed by atoms with Gasteiger partial charge in [0.1, 0.15) is 0 Å². The average molecular weight is 585 g/mol. The van der Waals surface area contributed by atoms with Crippen molar-refractivity contribution in [2.75, 3.05) is 0 Å². The summed E-state index contributed by atoms with van der Waals surface area (Å²) in [5, 5.41) is 10.5. The van der Waals surface area contributed by atoms with Crippen molar-refractivity contribution >= 4 is 79.9 Å². The number of halogens is 2. The van der Waals surface area contributed by atoms with Gasteiger partial charge < -0.3 is 0 Å². The Kier molecular flexibility index (Phi) is 6.63. The first-order chi connectivity index (χ1) is 15.0. The maximum absolute atomic E-state index is 3.72. The summed E-state index contributed by atoms with van der Waals surface area (Å²) in [7, 11) is -2.84. The molecule has 0 heterocycles. The van der Waals surface area contributed by atoms with Crippen molar-refractivity contribution in [3.63, 3.8) is 0 Å². The van der Waals surface area contributed by atoms with E-state index in [1.807, 2.05) is 0 Å². The first-order valence-electron chi connectivity index (χ1n) is 11.3. The zero-order chi connectivity index (χ0) is 23.3. The molecule has 4 rings (SSSR count). The summed E-state index contributed by atoms with van der Waals surface area (Å²) in [4.78, 5) is 0. The second-order valence-electron chi connectivity index (χ2n) is 10.8. The lowest BCUT2D eigenvalue weighted by molar-refractivity contribution is 1.48. The lowest BCUT2D eigenvalue weighted by Gasteiger charge is -2.22. The zero-order valence-electron chi connectivity index (χ0n) is 19.9. The molecule has 0 amide bonds. The van der Waals surface area contributed by atoms with E-state index < -0.39 is 16.1 Å². The predicted molar refractivity (Wildman–Crippen MR) is 158 cm³/mol. The fraction of sp³-hybridized carbons (Fsp3) is 0.286. The first kappa shape index (κ1) is 23.9. The largest absolute Gasteiger partial charge is 0.0876 e. The van der Waals surface area contributed by atoms with Gasteiger partial charge in [0.15, 0.2) is 0 Å². The normalized spacial score (nSPS) is 12.6. The van der Waals surface area contributed by atoms with Crippen LogP contribution < -0.4 is 10.4 Å². The molecule has 0 saturated carbocycles. The van der Waals surface area contributed by atoms with Crippen molar-refractivity contribution in [2.45, 2.75) is 49.9 Å². The second-order valence-corrected chi connectivity index (χ2v) is 22.0. The Hall–Kier alpha value is -1.21. The van der Waals surface area contributed by atoms with E-state index in [-0.39, 0.29) is 0 Å². The smallest absolute Gasteiger partial charge is 0.0784 e. The van der Waals surface area contributed by atoms with Crippen molar-refractivity contribution in [3.8, 4) is 11.1 Å². The van der Waals surface area contributed by atoms with E-state index in [4.69, 9.17) is 0 Å². The maximum atomic E-state index is 3.72. The molecule has 0 unspecified atom stereocenters. The molecular formula is C28H32Br2Si2. The van der Waals surface area contributed by atoms with Crippen LogP contribution in [0.2, 0.25) is 39.3 Å².